The van der Waals surface area contributed by atoms with Crippen molar-refractivity contribution in [3.8, 4) is 0 Å². The SMILES string of the molecule is CCNC(CC(C)C)C1CCC(C(C)C)CC1. The molecule has 0 amide bonds. The van der Waals surface area contributed by atoms with E-state index in [1.165, 1.54) is 32.1 Å². The van der Waals surface area contributed by atoms with Crippen LogP contribution in [0.25, 0.3) is 0 Å². The highest BCUT2D eigenvalue weighted by Gasteiger charge is 2.28. The summed E-state index contributed by atoms with van der Waals surface area (Å²) in [7, 11) is 0. The van der Waals surface area contributed by atoms with Gasteiger partial charge in [0.15, 0.2) is 0 Å². The smallest absolute Gasteiger partial charge is 0.00976 e. The highest BCUT2D eigenvalue weighted by Crippen LogP contribution is 2.35. The molecule has 1 fully saturated rings. The molecule has 0 bridgehead atoms. The number of nitrogens with one attached hydrogen (secondary N) is 1. The molecule has 1 nitrogen and oxygen atoms in total. The van der Waals surface area contributed by atoms with Gasteiger partial charge >= 0.3 is 0 Å². The first-order chi connectivity index (χ1) is 8.04. The van der Waals surface area contributed by atoms with Crippen LogP contribution in [0, 0.1) is 23.7 Å². The van der Waals surface area contributed by atoms with Crippen molar-refractivity contribution in [2.24, 2.45) is 23.7 Å². The predicted octanol–water partition coefficient (Wildman–Crippen LogP) is 4.47. The molecule has 1 N–H and O–H groups in total. The zero-order valence-electron chi connectivity index (χ0n) is 12.6. The Morgan fingerprint density at radius 3 is 1.88 bits per heavy atom. The minimum Gasteiger partial charge on any atom is -0.314 e. The average Bonchev–Trinajstić information content (AvgIpc) is 2.28. The lowest BCUT2D eigenvalue weighted by molar-refractivity contribution is 0.178. The Kier molecular flexibility index (Phi) is 6.54. The zero-order valence-corrected chi connectivity index (χ0v) is 12.6. The van der Waals surface area contributed by atoms with Gasteiger partial charge in [-0.05, 0) is 62.3 Å². The van der Waals surface area contributed by atoms with Crippen molar-refractivity contribution in [1.29, 1.82) is 0 Å². The Hall–Kier alpha value is -0.0400. The van der Waals surface area contributed by atoms with Crippen LogP contribution in [-0.4, -0.2) is 12.6 Å². The third kappa shape index (κ3) is 4.99. The van der Waals surface area contributed by atoms with Crippen LogP contribution in [0.2, 0.25) is 0 Å². The highest BCUT2D eigenvalue weighted by molar-refractivity contribution is 4.83. The van der Waals surface area contributed by atoms with Crippen molar-refractivity contribution in [1.82, 2.24) is 5.32 Å². The van der Waals surface area contributed by atoms with E-state index in [1.54, 1.807) is 0 Å². The maximum Gasteiger partial charge on any atom is 0.00976 e. The molecule has 0 aromatic carbocycles. The third-order valence-corrected chi connectivity index (χ3v) is 4.52. The molecule has 0 aromatic heterocycles. The molecule has 102 valence electrons. The van der Waals surface area contributed by atoms with E-state index in [4.69, 9.17) is 0 Å². The monoisotopic (exact) mass is 239 g/mol. The van der Waals surface area contributed by atoms with Crippen molar-refractivity contribution in [2.75, 3.05) is 6.54 Å². The van der Waals surface area contributed by atoms with Gasteiger partial charge in [0, 0.05) is 6.04 Å². The third-order valence-electron chi connectivity index (χ3n) is 4.52. The van der Waals surface area contributed by atoms with Gasteiger partial charge < -0.3 is 5.32 Å². The normalized spacial score (nSPS) is 27.7. The fourth-order valence-corrected chi connectivity index (χ4v) is 3.43. The van der Waals surface area contributed by atoms with E-state index >= 15 is 0 Å². The molecule has 0 aliphatic heterocycles. The minimum atomic E-state index is 0.771. The second-order valence-corrected chi connectivity index (χ2v) is 6.71. The van der Waals surface area contributed by atoms with E-state index in [0.29, 0.717) is 0 Å². The Morgan fingerprint density at radius 2 is 1.47 bits per heavy atom. The molecule has 1 atom stereocenters. The molecule has 1 unspecified atom stereocenters. The molecule has 0 radical (unpaired) electrons. The summed E-state index contributed by atoms with van der Waals surface area (Å²) in [6.45, 7) is 12.9. The van der Waals surface area contributed by atoms with Crippen LogP contribution in [-0.2, 0) is 0 Å². The van der Waals surface area contributed by atoms with Crippen LogP contribution in [0.5, 0.6) is 0 Å². The van der Waals surface area contributed by atoms with E-state index in [1.807, 2.05) is 0 Å². The first-order valence-electron chi connectivity index (χ1n) is 7.77. The van der Waals surface area contributed by atoms with Gasteiger partial charge in [-0.1, -0.05) is 34.6 Å². The molecule has 1 aliphatic rings. The summed E-state index contributed by atoms with van der Waals surface area (Å²) >= 11 is 0. The average molecular weight is 239 g/mol. The van der Waals surface area contributed by atoms with E-state index in [0.717, 1.165) is 36.3 Å². The Balaban J connectivity index is 2.42. The summed E-state index contributed by atoms with van der Waals surface area (Å²) in [5.74, 6) is 3.64. The Bertz CT molecular complexity index is 190. The Morgan fingerprint density at radius 1 is 0.941 bits per heavy atom. The largest absolute Gasteiger partial charge is 0.314 e. The van der Waals surface area contributed by atoms with Crippen LogP contribution in [0.3, 0.4) is 0 Å². The zero-order chi connectivity index (χ0) is 12.8. The summed E-state index contributed by atoms with van der Waals surface area (Å²) in [4.78, 5) is 0. The summed E-state index contributed by atoms with van der Waals surface area (Å²) in [6.07, 6.45) is 7.18. The van der Waals surface area contributed by atoms with Gasteiger partial charge in [-0.2, -0.15) is 0 Å². The molecular weight excluding hydrogens is 206 g/mol. The van der Waals surface area contributed by atoms with Gasteiger partial charge in [0.25, 0.3) is 0 Å². The van der Waals surface area contributed by atoms with Gasteiger partial charge in [0.1, 0.15) is 0 Å². The summed E-state index contributed by atoms with van der Waals surface area (Å²) in [5, 5.41) is 3.73. The minimum absolute atomic E-state index is 0.771. The summed E-state index contributed by atoms with van der Waals surface area (Å²) < 4.78 is 0. The fraction of sp³-hybridized carbons (Fsp3) is 1.00. The molecule has 0 heterocycles. The van der Waals surface area contributed by atoms with Gasteiger partial charge in [-0.25, -0.2) is 0 Å². The van der Waals surface area contributed by atoms with E-state index in [9.17, 15) is 0 Å². The molecule has 0 spiro atoms. The summed E-state index contributed by atoms with van der Waals surface area (Å²) in [5.41, 5.74) is 0. The first kappa shape index (κ1) is 15.0. The number of hydrogen-bond acceptors (Lipinski definition) is 1. The molecule has 1 heteroatoms. The van der Waals surface area contributed by atoms with Crippen molar-refractivity contribution in [3.05, 3.63) is 0 Å². The van der Waals surface area contributed by atoms with Crippen molar-refractivity contribution < 1.29 is 0 Å². The molecule has 1 saturated carbocycles. The van der Waals surface area contributed by atoms with Crippen molar-refractivity contribution in [3.63, 3.8) is 0 Å². The highest BCUT2D eigenvalue weighted by atomic mass is 14.9. The van der Waals surface area contributed by atoms with E-state index in [-0.39, 0.29) is 0 Å². The molecule has 0 saturated heterocycles. The number of rotatable bonds is 6. The second-order valence-electron chi connectivity index (χ2n) is 6.71. The topological polar surface area (TPSA) is 12.0 Å². The maximum atomic E-state index is 3.73. The lowest BCUT2D eigenvalue weighted by atomic mass is 9.73. The maximum absolute atomic E-state index is 3.73. The molecule has 17 heavy (non-hydrogen) atoms. The van der Waals surface area contributed by atoms with Crippen LogP contribution < -0.4 is 5.32 Å². The van der Waals surface area contributed by atoms with Crippen LogP contribution in [0.1, 0.15) is 66.7 Å². The molecular formula is C16H33N. The quantitative estimate of drug-likeness (QED) is 0.721. The predicted molar refractivity (Wildman–Crippen MR) is 77.2 cm³/mol. The number of hydrogen-bond donors (Lipinski definition) is 1. The van der Waals surface area contributed by atoms with Crippen LogP contribution >= 0.6 is 0 Å². The van der Waals surface area contributed by atoms with Gasteiger partial charge in [0.05, 0.1) is 0 Å². The first-order valence-corrected chi connectivity index (χ1v) is 7.77. The lowest BCUT2D eigenvalue weighted by Crippen LogP contribution is -2.39. The standard InChI is InChI=1S/C16H33N/c1-6-17-16(11-12(2)3)15-9-7-14(8-10-15)13(4)5/h12-17H,6-11H2,1-5H3. The van der Waals surface area contributed by atoms with Gasteiger partial charge in [-0.15, -0.1) is 0 Å². The molecule has 0 aromatic rings. The van der Waals surface area contributed by atoms with E-state index in [2.05, 4.69) is 39.9 Å². The second kappa shape index (κ2) is 7.41. The molecule has 1 aliphatic carbocycles. The molecule has 1 rings (SSSR count). The lowest BCUT2D eigenvalue weighted by Gasteiger charge is -2.36. The van der Waals surface area contributed by atoms with Gasteiger partial charge in [0.2, 0.25) is 0 Å². The summed E-state index contributed by atoms with van der Waals surface area (Å²) in [6, 6.07) is 0.771. The van der Waals surface area contributed by atoms with Crippen molar-refractivity contribution in [2.45, 2.75) is 72.8 Å². The van der Waals surface area contributed by atoms with Crippen molar-refractivity contribution >= 4 is 0 Å². The van der Waals surface area contributed by atoms with Crippen LogP contribution in [0.15, 0.2) is 0 Å². The van der Waals surface area contributed by atoms with Crippen LogP contribution in [0.4, 0.5) is 0 Å². The Labute approximate surface area is 109 Å². The fourth-order valence-electron chi connectivity index (χ4n) is 3.43. The van der Waals surface area contributed by atoms with E-state index < -0.39 is 0 Å². The van der Waals surface area contributed by atoms with Gasteiger partial charge in [-0.3, -0.25) is 0 Å².